The lowest BCUT2D eigenvalue weighted by molar-refractivity contribution is 0.319. The van der Waals surface area contributed by atoms with E-state index in [1.54, 1.807) is 0 Å². The van der Waals surface area contributed by atoms with Crippen LogP contribution in [-0.2, 0) is 6.42 Å². The summed E-state index contributed by atoms with van der Waals surface area (Å²) < 4.78 is 5.63. The van der Waals surface area contributed by atoms with E-state index in [2.05, 4.69) is 36.5 Å². The van der Waals surface area contributed by atoms with Crippen LogP contribution in [0.1, 0.15) is 18.9 Å². The summed E-state index contributed by atoms with van der Waals surface area (Å²) in [5.74, 6) is 0.761. The zero-order valence-corrected chi connectivity index (χ0v) is 11.9. The van der Waals surface area contributed by atoms with Crippen LogP contribution in [0.2, 0.25) is 0 Å². The van der Waals surface area contributed by atoms with Crippen molar-refractivity contribution >= 4 is 11.4 Å². The standard InChI is InChI=1S/C17H22N2O/c1-2-13-20-16-10-6-9-15(17(16)18)19-12-11-14-7-4-3-5-8-14/h3-10,19H,2,11-13,18H2,1H3. The molecule has 0 radical (unpaired) electrons. The number of benzene rings is 2. The number of hydrogen-bond donors (Lipinski definition) is 2. The van der Waals surface area contributed by atoms with Gasteiger partial charge < -0.3 is 15.8 Å². The molecule has 2 rings (SSSR count). The van der Waals surface area contributed by atoms with E-state index in [0.717, 1.165) is 30.8 Å². The minimum absolute atomic E-state index is 0.689. The Morgan fingerprint density at radius 1 is 1.05 bits per heavy atom. The van der Waals surface area contributed by atoms with Crippen LogP contribution in [0.5, 0.6) is 5.75 Å². The van der Waals surface area contributed by atoms with Crippen molar-refractivity contribution < 1.29 is 4.74 Å². The minimum Gasteiger partial charge on any atom is -0.491 e. The molecule has 0 heterocycles. The highest BCUT2D eigenvalue weighted by Crippen LogP contribution is 2.29. The highest BCUT2D eigenvalue weighted by Gasteiger charge is 2.05. The lowest BCUT2D eigenvalue weighted by atomic mass is 10.1. The largest absolute Gasteiger partial charge is 0.491 e. The molecule has 3 heteroatoms. The molecule has 20 heavy (non-hydrogen) atoms. The Labute approximate surface area is 120 Å². The average Bonchev–Trinajstić information content (AvgIpc) is 2.49. The van der Waals surface area contributed by atoms with Crippen LogP contribution in [-0.4, -0.2) is 13.2 Å². The van der Waals surface area contributed by atoms with Crippen molar-refractivity contribution in [1.29, 1.82) is 0 Å². The Morgan fingerprint density at radius 3 is 2.60 bits per heavy atom. The van der Waals surface area contributed by atoms with Gasteiger partial charge in [0, 0.05) is 6.54 Å². The van der Waals surface area contributed by atoms with Gasteiger partial charge in [-0.25, -0.2) is 0 Å². The van der Waals surface area contributed by atoms with Crippen LogP contribution in [0.4, 0.5) is 11.4 Å². The van der Waals surface area contributed by atoms with Crippen LogP contribution < -0.4 is 15.8 Å². The monoisotopic (exact) mass is 270 g/mol. The molecule has 0 aliphatic rings. The van der Waals surface area contributed by atoms with E-state index in [1.807, 2.05) is 24.3 Å². The SMILES string of the molecule is CCCOc1cccc(NCCc2ccccc2)c1N. The Bertz CT molecular complexity index is 526. The molecular formula is C17H22N2O. The van der Waals surface area contributed by atoms with Crippen molar-refractivity contribution in [3.63, 3.8) is 0 Å². The van der Waals surface area contributed by atoms with Gasteiger partial charge in [-0.3, -0.25) is 0 Å². The lowest BCUT2D eigenvalue weighted by Gasteiger charge is -2.13. The average molecular weight is 270 g/mol. The first-order valence-corrected chi connectivity index (χ1v) is 7.10. The van der Waals surface area contributed by atoms with Crippen molar-refractivity contribution in [2.75, 3.05) is 24.2 Å². The highest BCUT2D eigenvalue weighted by molar-refractivity contribution is 5.72. The first kappa shape index (κ1) is 14.3. The molecule has 0 atom stereocenters. The number of hydrogen-bond acceptors (Lipinski definition) is 3. The van der Waals surface area contributed by atoms with Crippen molar-refractivity contribution in [1.82, 2.24) is 0 Å². The van der Waals surface area contributed by atoms with E-state index < -0.39 is 0 Å². The van der Waals surface area contributed by atoms with E-state index in [1.165, 1.54) is 5.56 Å². The van der Waals surface area contributed by atoms with Crippen molar-refractivity contribution in [3.8, 4) is 5.75 Å². The summed E-state index contributed by atoms with van der Waals surface area (Å²) in [6, 6.07) is 16.3. The summed E-state index contributed by atoms with van der Waals surface area (Å²) in [5, 5.41) is 3.37. The molecule has 3 nitrogen and oxygen atoms in total. The zero-order chi connectivity index (χ0) is 14.2. The maximum Gasteiger partial charge on any atom is 0.144 e. The first-order valence-electron chi connectivity index (χ1n) is 7.10. The van der Waals surface area contributed by atoms with E-state index >= 15 is 0 Å². The lowest BCUT2D eigenvalue weighted by Crippen LogP contribution is -2.08. The third-order valence-corrected chi connectivity index (χ3v) is 3.10. The summed E-state index contributed by atoms with van der Waals surface area (Å²) in [6.07, 6.45) is 1.95. The van der Waals surface area contributed by atoms with Gasteiger partial charge >= 0.3 is 0 Å². The fourth-order valence-corrected chi connectivity index (χ4v) is 2.02. The molecule has 2 aromatic carbocycles. The van der Waals surface area contributed by atoms with Crippen molar-refractivity contribution in [2.24, 2.45) is 0 Å². The Morgan fingerprint density at radius 2 is 1.85 bits per heavy atom. The number of ether oxygens (including phenoxy) is 1. The molecule has 3 N–H and O–H groups in total. The molecule has 0 saturated carbocycles. The third-order valence-electron chi connectivity index (χ3n) is 3.10. The molecule has 0 fully saturated rings. The quantitative estimate of drug-likeness (QED) is 0.754. The molecule has 2 aromatic rings. The van der Waals surface area contributed by atoms with Crippen molar-refractivity contribution in [2.45, 2.75) is 19.8 Å². The maximum absolute atomic E-state index is 6.12. The maximum atomic E-state index is 6.12. The van der Waals surface area contributed by atoms with Gasteiger partial charge in [0.2, 0.25) is 0 Å². The summed E-state index contributed by atoms with van der Waals surface area (Å²) in [5.41, 5.74) is 9.06. The predicted octanol–water partition coefficient (Wildman–Crippen LogP) is 3.71. The fourth-order valence-electron chi connectivity index (χ4n) is 2.02. The first-order chi connectivity index (χ1) is 9.81. The number of nitrogen functional groups attached to an aromatic ring is 1. The summed E-state index contributed by atoms with van der Waals surface area (Å²) in [7, 11) is 0. The topological polar surface area (TPSA) is 47.3 Å². The Kier molecular flexibility index (Phi) is 5.30. The second-order valence-corrected chi connectivity index (χ2v) is 4.73. The number of nitrogens with one attached hydrogen (secondary N) is 1. The van der Waals surface area contributed by atoms with Crippen LogP contribution in [0.3, 0.4) is 0 Å². The normalized spacial score (nSPS) is 10.2. The molecule has 0 aliphatic heterocycles. The molecule has 0 aliphatic carbocycles. The smallest absolute Gasteiger partial charge is 0.144 e. The fraction of sp³-hybridized carbons (Fsp3) is 0.294. The molecule has 0 spiro atoms. The predicted molar refractivity (Wildman–Crippen MR) is 85.3 cm³/mol. The molecule has 0 saturated heterocycles. The molecule has 0 aromatic heterocycles. The van der Waals surface area contributed by atoms with Crippen LogP contribution in [0.25, 0.3) is 0 Å². The van der Waals surface area contributed by atoms with Gasteiger partial charge in [0.25, 0.3) is 0 Å². The van der Waals surface area contributed by atoms with Crippen LogP contribution in [0, 0.1) is 0 Å². The molecule has 0 unspecified atom stereocenters. The van der Waals surface area contributed by atoms with Gasteiger partial charge in [-0.05, 0) is 30.5 Å². The van der Waals surface area contributed by atoms with Gasteiger partial charge in [-0.2, -0.15) is 0 Å². The summed E-state index contributed by atoms with van der Waals surface area (Å²) in [6.45, 7) is 3.63. The van der Waals surface area contributed by atoms with E-state index in [0.29, 0.717) is 12.3 Å². The second kappa shape index (κ2) is 7.43. The van der Waals surface area contributed by atoms with Gasteiger partial charge in [0.1, 0.15) is 5.75 Å². The highest BCUT2D eigenvalue weighted by atomic mass is 16.5. The van der Waals surface area contributed by atoms with Gasteiger partial charge in [-0.1, -0.05) is 43.3 Å². The number of anilines is 2. The Balaban J connectivity index is 1.92. The van der Waals surface area contributed by atoms with E-state index in [-0.39, 0.29) is 0 Å². The number of rotatable bonds is 7. The van der Waals surface area contributed by atoms with Gasteiger partial charge in [0.05, 0.1) is 18.0 Å². The number of para-hydroxylation sites is 1. The Hall–Kier alpha value is -2.16. The van der Waals surface area contributed by atoms with Crippen molar-refractivity contribution in [3.05, 3.63) is 54.1 Å². The molecule has 0 bridgehead atoms. The second-order valence-electron chi connectivity index (χ2n) is 4.73. The molecule has 0 amide bonds. The summed E-state index contributed by atoms with van der Waals surface area (Å²) in [4.78, 5) is 0. The van der Waals surface area contributed by atoms with Gasteiger partial charge in [-0.15, -0.1) is 0 Å². The molecular weight excluding hydrogens is 248 g/mol. The summed E-state index contributed by atoms with van der Waals surface area (Å²) >= 11 is 0. The van der Waals surface area contributed by atoms with Crippen LogP contribution >= 0.6 is 0 Å². The van der Waals surface area contributed by atoms with E-state index in [9.17, 15) is 0 Å². The van der Waals surface area contributed by atoms with Crippen LogP contribution in [0.15, 0.2) is 48.5 Å². The van der Waals surface area contributed by atoms with E-state index in [4.69, 9.17) is 10.5 Å². The minimum atomic E-state index is 0.689. The number of nitrogens with two attached hydrogens (primary N) is 1. The zero-order valence-electron chi connectivity index (χ0n) is 11.9. The third kappa shape index (κ3) is 3.92. The van der Waals surface area contributed by atoms with Gasteiger partial charge in [0.15, 0.2) is 0 Å². The molecule has 106 valence electrons.